The Kier molecular flexibility index (Phi) is 6.85. The molecule has 6 nitrogen and oxygen atoms in total. The van der Waals surface area contributed by atoms with E-state index in [0.29, 0.717) is 11.1 Å². The number of hydrogen-bond donors (Lipinski definition) is 2. The second kappa shape index (κ2) is 10.0. The van der Waals surface area contributed by atoms with E-state index >= 15 is 0 Å². The Morgan fingerprint density at radius 1 is 1.15 bits per heavy atom. The largest absolute Gasteiger partial charge is 0.490 e. The Morgan fingerprint density at radius 2 is 1.87 bits per heavy atom. The van der Waals surface area contributed by atoms with Crippen molar-refractivity contribution in [1.82, 2.24) is 15.3 Å². The molecule has 0 saturated carbocycles. The molecule has 0 radical (unpaired) electrons. The lowest BCUT2D eigenvalue weighted by atomic mass is 9.92. The average Bonchev–Trinajstić information content (AvgIpc) is 3.54. The van der Waals surface area contributed by atoms with E-state index in [4.69, 9.17) is 4.74 Å². The zero-order valence-corrected chi connectivity index (χ0v) is 21.0. The summed E-state index contributed by atoms with van der Waals surface area (Å²) in [6, 6.07) is 11.8. The van der Waals surface area contributed by atoms with Crippen molar-refractivity contribution in [2.75, 3.05) is 13.2 Å². The summed E-state index contributed by atoms with van der Waals surface area (Å²) in [7, 11) is 0. The molecule has 0 unspecified atom stereocenters. The van der Waals surface area contributed by atoms with Crippen LogP contribution in [-0.2, 0) is 5.60 Å². The van der Waals surface area contributed by atoms with Crippen LogP contribution < -0.4 is 10.1 Å². The maximum absolute atomic E-state index is 14.4. The lowest BCUT2D eigenvalue weighted by Crippen LogP contribution is -2.51. The predicted octanol–water partition coefficient (Wildman–Crippen LogP) is 5.83. The zero-order valence-electron chi connectivity index (χ0n) is 20.2. The van der Waals surface area contributed by atoms with Crippen molar-refractivity contribution < 1.29 is 36.6 Å². The first-order chi connectivity index (χ1) is 18.5. The van der Waals surface area contributed by atoms with Crippen LogP contribution in [0.2, 0.25) is 0 Å². The third-order valence-electron chi connectivity index (χ3n) is 6.36. The van der Waals surface area contributed by atoms with E-state index in [1.165, 1.54) is 30.3 Å². The standard InChI is InChI=1S/C27H20F5N3O3S/c1-14-12-38-23-18(14)10-21(35-22(23)15-6-8-16(28)9-7-15)26(37,27(30,31)32)13-34-24(36)20-11-33-25(39-20)17-4-2-3-5-19(17)29/h2-11,14,37H,12-13H2,1H3,(H,34,36)/t14-,26+/m1/s1. The molecule has 4 aromatic rings. The first-order valence-electron chi connectivity index (χ1n) is 11.7. The molecule has 1 aliphatic rings. The van der Waals surface area contributed by atoms with E-state index in [2.05, 4.69) is 15.3 Å². The van der Waals surface area contributed by atoms with Crippen molar-refractivity contribution in [2.45, 2.75) is 24.6 Å². The fraction of sp³-hybridized carbons (Fsp3) is 0.222. The SMILES string of the molecule is C[C@@H]1COc2c1cc([C@@](O)(CNC(=O)c1cnc(-c3ccccc3F)s1)C(F)(F)F)nc2-c1ccc(F)cc1. The van der Waals surface area contributed by atoms with Crippen molar-refractivity contribution in [3.8, 4) is 27.6 Å². The van der Waals surface area contributed by atoms with E-state index < -0.39 is 41.6 Å². The molecule has 0 aliphatic carbocycles. The maximum atomic E-state index is 14.4. The summed E-state index contributed by atoms with van der Waals surface area (Å²) in [5.41, 5.74) is -3.48. The van der Waals surface area contributed by atoms with Gasteiger partial charge in [-0.1, -0.05) is 19.1 Å². The second-order valence-electron chi connectivity index (χ2n) is 9.04. The van der Waals surface area contributed by atoms with E-state index in [1.54, 1.807) is 13.0 Å². The molecule has 0 spiro atoms. The number of carbonyl (C=O) groups is 1. The van der Waals surface area contributed by atoms with Gasteiger partial charge in [0.25, 0.3) is 5.91 Å². The van der Waals surface area contributed by atoms with Gasteiger partial charge in [0.1, 0.15) is 33.0 Å². The van der Waals surface area contributed by atoms with Gasteiger partial charge in [-0.15, -0.1) is 11.3 Å². The Balaban J connectivity index is 1.48. The van der Waals surface area contributed by atoms with Crippen molar-refractivity contribution in [2.24, 2.45) is 0 Å². The number of nitrogens with zero attached hydrogens (tertiary/aromatic N) is 2. The van der Waals surface area contributed by atoms with Gasteiger partial charge in [0.15, 0.2) is 0 Å². The minimum Gasteiger partial charge on any atom is -0.490 e. The van der Waals surface area contributed by atoms with E-state index in [-0.39, 0.29) is 39.4 Å². The fourth-order valence-electron chi connectivity index (χ4n) is 4.15. The number of aromatic nitrogens is 2. The van der Waals surface area contributed by atoms with Gasteiger partial charge in [-0.2, -0.15) is 13.2 Å². The van der Waals surface area contributed by atoms with Crippen LogP contribution in [0.5, 0.6) is 5.75 Å². The molecule has 3 heterocycles. The summed E-state index contributed by atoms with van der Waals surface area (Å²) in [6.07, 6.45) is -4.12. The molecule has 0 fully saturated rings. The van der Waals surface area contributed by atoms with Gasteiger partial charge in [0.2, 0.25) is 5.60 Å². The number of pyridine rings is 1. The number of rotatable bonds is 6. The van der Waals surface area contributed by atoms with Gasteiger partial charge < -0.3 is 15.2 Å². The number of carbonyl (C=O) groups excluding carboxylic acids is 1. The van der Waals surface area contributed by atoms with Gasteiger partial charge in [-0.25, -0.2) is 18.7 Å². The first kappa shape index (κ1) is 26.7. The third kappa shape index (κ3) is 4.97. The normalized spacial score (nSPS) is 16.3. The topological polar surface area (TPSA) is 84.3 Å². The number of amides is 1. The smallest absolute Gasteiger partial charge is 0.424 e. The molecular weight excluding hydrogens is 541 g/mol. The lowest BCUT2D eigenvalue weighted by molar-refractivity contribution is -0.265. The number of benzene rings is 2. The molecule has 202 valence electrons. The van der Waals surface area contributed by atoms with Crippen LogP contribution in [0.3, 0.4) is 0 Å². The summed E-state index contributed by atoms with van der Waals surface area (Å²) >= 11 is 0.791. The lowest BCUT2D eigenvalue weighted by Gasteiger charge is -2.31. The van der Waals surface area contributed by atoms with Crippen LogP contribution in [0.25, 0.3) is 21.8 Å². The Morgan fingerprint density at radius 3 is 2.56 bits per heavy atom. The molecular formula is C27H20F5N3O3S. The highest BCUT2D eigenvalue weighted by molar-refractivity contribution is 7.16. The zero-order chi connectivity index (χ0) is 27.9. The van der Waals surface area contributed by atoms with Crippen LogP contribution in [-0.4, -0.2) is 40.3 Å². The molecule has 5 rings (SSSR count). The number of aliphatic hydroxyl groups is 1. The van der Waals surface area contributed by atoms with Crippen LogP contribution in [0.15, 0.2) is 60.8 Å². The van der Waals surface area contributed by atoms with Crippen LogP contribution >= 0.6 is 11.3 Å². The summed E-state index contributed by atoms with van der Waals surface area (Å²) in [5, 5.41) is 13.3. The van der Waals surface area contributed by atoms with Crippen molar-refractivity contribution in [3.05, 3.63) is 88.6 Å². The van der Waals surface area contributed by atoms with Crippen LogP contribution in [0, 0.1) is 11.6 Å². The Bertz CT molecular complexity index is 1540. The number of nitrogens with one attached hydrogen (secondary N) is 1. The highest BCUT2D eigenvalue weighted by atomic mass is 32.1. The van der Waals surface area contributed by atoms with Crippen LogP contribution in [0.1, 0.15) is 33.8 Å². The van der Waals surface area contributed by atoms with Crippen molar-refractivity contribution in [1.29, 1.82) is 0 Å². The molecule has 2 atom stereocenters. The number of alkyl halides is 3. The molecule has 39 heavy (non-hydrogen) atoms. The van der Waals surface area contributed by atoms with Gasteiger partial charge >= 0.3 is 6.18 Å². The molecule has 1 amide bonds. The first-order valence-corrected chi connectivity index (χ1v) is 12.5. The van der Waals surface area contributed by atoms with E-state index in [0.717, 1.165) is 35.7 Å². The van der Waals surface area contributed by atoms with Gasteiger partial charge in [-0.3, -0.25) is 4.79 Å². The molecule has 1 aliphatic heterocycles. The summed E-state index contributed by atoms with van der Waals surface area (Å²) < 4.78 is 76.4. The Hall–Kier alpha value is -3.90. The molecule has 0 bridgehead atoms. The number of halogens is 5. The van der Waals surface area contributed by atoms with Crippen molar-refractivity contribution in [3.63, 3.8) is 0 Å². The van der Waals surface area contributed by atoms with Gasteiger partial charge in [0.05, 0.1) is 25.0 Å². The Labute approximate surface area is 223 Å². The number of ether oxygens (including phenoxy) is 1. The highest BCUT2D eigenvalue weighted by Gasteiger charge is 2.57. The molecule has 2 aromatic carbocycles. The minimum atomic E-state index is -5.24. The second-order valence-corrected chi connectivity index (χ2v) is 10.1. The third-order valence-corrected chi connectivity index (χ3v) is 7.39. The van der Waals surface area contributed by atoms with E-state index in [9.17, 15) is 31.9 Å². The highest BCUT2D eigenvalue weighted by Crippen LogP contribution is 2.45. The summed E-state index contributed by atoms with van der Waals surface area (Å²) in [4.78, 5) is 20.8. The number of fused-ring (bicyclic) bond motifs is 1. The molecule has 2 aromatic heterocycles. The predicted molar refractivity (Wildman–Crippen MR) is 133 cm³/mol. The summed E-state index contributed by atoms with van der Waals surface area (Å²) in [5.74, 6) is -2.10. The molecule has 0 saturated heterocycles. The van der Waals surface area contributed by atoms with Gasteiger partial charge in [-0.05, 0) is 42.5 Å². The van der Waals surface area contributed by atoms with Crippen molar-refractivity contribution >= 4 is 17.2 Å². The monoisotopic (exact) mass is 561 g/mol. The van der Waals surface area contributed by atoms with Crippen LogP contribution in [0.4, 0.5) is 22.0 Å². The minimum absolute atomic E-state index is 0.0119. The average molecular weight is 562 g/mol. The number of thiazole rings is 1. The maximum Gasteiger partial charge on any atom is 0.424 e. The summed E-state index contributed by atoms with van der Waals surface area (Å²) in [6.45, 7) is 0.674. The van der Waals surface area contributed by atoms with Gasteiger partial charge in [0, 0.05) is 22.6 Å². The molecule has 12 heteroatoms. The quantitative estimate of drug-likeness (QED) is 0.290. The van der Waals surface area contributed by atoms with E-state index in [1.807, 2.05) is 0 Å². The fourth-order valence-corrected chi connectivity index (χ4v) is 5.01. The molecule has 2 N–H and O–H groups in total. The number of hydrogen-bond acceptors (Lipinski definition) is 6.